The number of halogens is 5. The lowest BCUT2D eigenvalue weighted by molar-refractivity contribution is -0.191. The van der Waals surface area contributed by atoms with E-state index in [1.807, 2.05) is 15.9 Å². The quantitative estimate of drug-likeness (QED) is 0.221. The number of aromatic nitrogens is 2. The first-order chi connectivity index (χ1) is 22.6. The number of nitrogens with one attached hydrogen (secondary N) is 1. The Morgan fingerprint density at radius 3 is 2.45 bits per heavy atom. The Kier molecular flexibility index (Phi) is 7.82. The van der Waals surface area contributed by atoms with Gasteiger partial charge in [-0.1, -0.05) is 35.9 Å². The fourth-order valence-electron chi connectivity index (χ4n) is 7.88. The minimum absolute atomic E-state index is 0.0261. The first kappa shape index (κ1) is 30.9. The molecule has 5 heterocycles. The highest BCUT2D eigenvalue weighted by Gasteiger charge is 2.46. The zero-order chi connectivity index (χ0) is 32.4. The van der Waals surface area contributed by atoms with E-state index in [0.29, 0.717) is 53.8 Å². The third-order valence-corrected chi connectivity index (χ3v) is 10.5. The van der Waals surface area contributed by atoms with Crippen LogP contribution in [0.4, 0.5) is 23.4 Å². The molecular formula is C34H34ClF4N5O3. The molecule has 4 aromatic rings. The number of morpholine rings is 1. The van der Waals surface area contributed by atoms with Crippen molar-refractivity contribution in [2.75, 3.05) is 44.4 Å². The monoisotopic (exact) mass is 671 g/mol. The molecule has 4 fully saturated rings. The molecule has 4 unspecified atom stereocenters. The summed E-state index contributed by atoms with van der Waals surface area (Å²) >= 11 is 6.81. The van der Waals surface area contributed by atoms with Crippen molar-refractivity contribution >= 4 is 39.1 Å². The number of piperazine rings is 1. The van der Waals surface area contributed by atoms with Crippen LogP contribution in [-0.2, 0) is 4.74 Å². The number of aromatic hydroxyl groups is 1. The van der Waals surface area contributed by atoms with Gasteiger partial charge in [-0.15, -0.1) is 0 Å². The number of fused-ring (bicyclic) bond motifs is 6. The van der Waals surface area contributed by atoms with Crippen LogP contribution in [-0.4, -0.2) is 89.8 Å². The smallest absolute Gasteiger partial charge is 0.396 e. The van der Waals surface area contributed by atoms with E-state index < -0.39 is 24.5 Å². The lowest BCUT2D eigenvalue weighted by atomic mass is 9.96. The van der Waals surface area contributed by atoms with Crippen LogP contribution in [0.1, 0.15) is 25.7 Å². The van der Waals surface area contributed by atoms with E-state index in [1.165, 1.54) is 6.07 Å². The SMILES string of the molecule is Oc1cc(-c2c(Cl)cc3c(N4CC5CCC(C4)N5)nc(OCC(CN4C5CC[C@H]4COC5)C(F)(F)F)nc3c2F)c2ccccc2c1. The van der Waals surface area contributed by atoms with E-state index in [1.54, 1.807) is 30.3 Å². The number of anilines is 1. The molecule has 1 aromatic heterocycles. The normalized spacial score (nSPS) is 25.2. The standard InChI is InChI=1S/C34H34ClF4N5O3/c35-28-11-27-31(30(36)29(28)26-10-24(45)9-18-3-1-2-4-25(18)26)41-33(42-32(27)43-13-20-5-6-21(14-43)40-20)47-15-19(34(37,38)39)12-44-22-7-8-23(44)17-46-16-22/h1-4,9-11,19-23,40,45H,5-8,12-17H2/t19?,20?,21?,22-,23?/m0/s1. The third-order valence-electron chi connectivity index (χ3n) is 10.2. The number of rotatable bonds is 7. The second kappa shape index (κ2) is 11.9. The molecule has 0 aliphatic carbocycles. The molecule has 0 amide bonds. The van der Waals surface area contributed by atoms with Gasteiger partial charge in [0.25, 0.3) is 0 Å². The molecule has 13 heteroatoms. The number of benzene rings is 3. The summed E-state index contributed by atoms with van der Waals surface area (Å²) in [6.45, 7) is 1.09. The van der Waals surface area contributed by atoms with Crippen molar-refractivity contribution in [2.24, 2.45) is 5.92 Å². The molecule has 248 valence electrons. The fourth-order valence-corrected chi connectivity index (χ4v) is 8.17. The molecule has 4 aliphatic heterocycles. The van der Waals surface area contributed by atoms with Crippen LogP contribution in [0.5, 0.6) is 11.8 Å². The Bertz CT molecular complexity index is 1820. The number of hydrogen-bond donors (Lipinski definition) is 2. The van der Waals surface area contributed by atoms with Gasteiger partial charge in [-0.25, -0.2) is 4.39 Å². The van der Waals surface area contributed by atoms with Gasteiger partial charge in [-0.3, -0.25) is 4.90 Å². The Morgan fingerprint density at radius 1 is 1.00 bits per heavy atom. The summed E-state index contributed by atoms with van der Waals surface area (Å²) in [4.78, 5) is 12.9. The van der Waals surface area contributed by atoms with E-state index >= 15 is 4.39 Å². The Hall–Kier alpha value is -3.45. The van der Waals surface area contributed by atoms with Gasteiger partial charge in [0.2, 0.25) is 0 Å². The van der Waals surface area contributed by atoms with E-state index in [-0.39, 0.29) is 58.6 Å². The van der Waals surface area contributed by atoms with Crippen LogP contribution in [0.3, 0.4) is 0 Å². The average Bonchev–Trinajstić information content (AvgIpc) is 3.48. The van der Waals surface area contributed by atoms with Crippen molar-refractivity contribution in [3.05, 3.63) is 53.3 Å². The third kappa shape index (κ3) is 5.72. The van der Waals surface area contributed by atoms with Gasteiger partial charge >= 0.3 is 12.2 Å². The Labute approximate surface area is 273 Å². The predicted octanol–water partition coefficient (Wildman–Crippen LogP) is 6.31. The summed E-state index contributed by atoms with van der Waals surface area (Å²) in [5.74, 6) is -2.27. The van der Waals surface area contributed by atoms with Crippen molar-refractivity contribution in [1.29, 1.82) is 0 Å². The molecule has 47 heavy (non-hydrogen) atoms. The van der Waals surface area contributed by atoms with Crippen molar-refractivity contribution < 1.29 is 32.1 Å². The van der Waals surface area contributed by atoms with Crippen molar-refractivity contribution in [3.8, 4) is 22.9 Å². The molecule has 3 aromatic carbocycles. The first-order valence-corrected chi connectivity index (χ1v) is 16.5. The summed E-state index contributed by atoms with van der Waals surface area (Å²) in [7, 11) is 0. The zero-order valence-corrected chi connectivity index (χ0v) is 26.2. The molecular weight excluding hydrogens is 638 g/mol. The molecule has 4 saturated heterocycles. The van der Waals surface area contributed by atoms with E-state index in [4.69, 9.17) is 21.1 Å². The molecule has 0 spiro atoms. The average molecular weight is 672 g/mol. The Morgan fingerprint density at radius 2 is 1.72 bits per heavy atom. The maximum absolute atomic E-state index is 16.8. The van der Waals surface area contributed by atoms with Gasteiger partial charge < -0.3 is 24.8 Å². The lowest BCUT2D eigenvalue weighted by Crippen LogP contribution is -2.51. The number of ether oxygens (including phenoxy) is 2. The summed E-state index contributed by atoms with van der Waals surface area (Å²) in [6.07, 6.45) is -0.961. The van der Waals surface area contributed by atoms with E-state index in [9.17, 15) is 18.3 Å². The lowest BCUT2D eigenvalue weighted by Gasteiger charge is -2.37. The second-order valence-corrected chi connectivity index (χ2v) is 13.6. The maximum Gasteiger partial charge on any atom is 0.396 e. The fraction of sp³-hybridized carbons (Fsp3) is 0.471. The van der Waals surface area contributed by atoms with E-state index in [0.717, 1.165) is 25.7 Å². The molecule has 8 rings (SSSR count). The zero-order valence-electron chi connectivity index (χ0n) is 25.4. The summed E-state index contributed by atoms with van der Waals surface area (Å²) in [5, 5.41) is 15.8. The number of hydrogen-bond acceptors (Lipinski definition) is 8. The van der Waals surface area contributed by atoms with Crippen LogP contribution in [0, 0.1) is 11.7 Å². The molecule has 4 aliphatic rings. The predicted molar refractivity (Wildman–Crippen MR) is 171 cm³/mol. The van der Waals surface area contributed by atoms with Gasteiger partial charge in [-0.2, -0.15) is 23.1 Å². The maximum atomic E-state index is 16.8. The van der Waals surface area contributed by atoms with E-state index in [2.05, 4.69) is 15.3 Å². The van der Waals surface area contributed by atoms with Gasteiger partial charge in [-0.05, 0) is 60.2 Å². The molecule has 8 nitrogen and oxygen atoms in total. The van der Waals surface area contributed by atoms with Gasteiger partial charge in [0, 0.05) is 54.8 Å². The van der Waals surface area contributed by atoms with Crippen LogP contribution in [0.15, 0.2) is 42.5 Å². The van der Waals surface area contributed by atoms with Crippen molar-refractivity contribution in [3.63, 3.8) is 0 Å². The van der Waals surface area contributed by atoms with Gasteiger partial charge in [0.15, 0.2) is 5.82 Å². The summed E-state index contributed by atoms with van der Waals surface area (Å²) in [5.41, 5.74) is 0.279. The number of phenols is 1. The van der Waals surface area contributed by atoms with Crippen molar-refractivity contribution in [2.45, 2.75) is 56.0 Å². The number of phenolic OH excluding ortho intramolecular Hbond substituents is 1. The van der Waals surface area contributed by atoms with Gasteiger partial charge in [0.05, 0.1) is 18.2 Å². The molecule has 5 atom stereocenters. The minimum Gasteiger partial charge on any atom is -0.508 e. The van der Waals surface area contributed by atoms with Crippen LogP contribution in [0.25, 0.3) is 32.8 Å². The topological polar surface area (TPSA) is 83.0 Å². The first-order valence-electron chi connectivity index (χ1n) is 16.1. The second-order valence-electron chi connectivity index (χ2n) is 13.2. The minimum atomic E-state index is -4.53. The van der Waals surface area contributed by atoms with Gasteiger partial charge in [0.1, 0.15) is 29.6 Å². The van der Waals surface area contributed by atoms with Crippen LogP contribution in [0.2, 0.25) is 5.02 Å². The highest BCUT2D eigenvalue weighted by atomic mass is 35.5. The Balaban J connectivity index is 1.20. The van der Waals surface area contributed by atoms with Crippen molar-refractivity contribution in [1.82, 2.24) is 20.2 Å². The number of nitrogens with zero attached hydrogens (tertiary/aromatic N) is 4. The molecule has 2 N–H and O–H groups in total. The highest BCUT2D eigenvalue weighted by Crippen LogP contribution is 2.43. The summed E-state index contributed by atoms with van der Waals surface area (Å²) in [6, 6.07) is 11.8. The molecule has 4 bridgehead atoms. The largest absolute Gasteiger partial charge is 0.508 e. The molecule has 0 radical (unpaired) electrons. The highest BCUT2D eigenvalue weighted by molar-refractivity contribution is 6.35. The van der Waals surface area contributed by atoms with Crippen LogP contribution >= 0.6 is 11.6 Å². The molecule has 0 saturated carbocycles. The summed E-state index contributed by atoms with van der Waals surface area (Å²) < 4.78 is 71.3. The van der Waals surface area contributed by atoms with Crippen LogP contribution < -0.4 is 15.0 Å². The number of alkyl halides is 3.